The summed E-state index contributed by atoms with van der Waals surface area (Å²) in [7, 11) is 0. The minimum Gasteiger partial charge on any atom is -0.312 e. The maximum absolute atomic E-state index is 13.4. The van der Waals surface area contributed by atoms with Crippen molar-refractivity contribution in [1.29, 1.82) is 0 Å². The van der Waals surface area contributed by atoms with Gasteiger partial charge >= 0.3 is 0 Å². The summed E-state index contributed by atoms with van der Waals surface area (Å²) in [6.45, 7) is 3.03. The van der Waals surface area contributed by atoms with Gasteiger partial charge in [-0.25, -0.2) is 4.98 Å². The highest BCUT2D eigenvalue weighted by molar-refractivity contribution is 6.05. The molecule has 1 aliphatic rings. The monoisotopic (exact) mass is 409 g/mol. The summed E-state index contributed by atoms with van der Waals surface area (Å²) in [5.74, 6) is 0.363. The van der Waals surface area contributed by atoms with E-state index in [0.717, 1.165) is 16.8 Å². The fourth-order valence-electron chi connectivity index (χ4n) is 4.47. The molecule has 0 aliphatic carbocycles. The topological polar surface area (TPSA) is 55.2 Å². The fourth-order valence-corrected chi connectivity index (χ4v) is 4.47. The van der Waals surface area contributed by atoms with E-state index in [-0.39, 0.29) is 17.4 Å². The van der Waals surface area contributed by atoms with Crippen molar-refractivity contribution in [3.8, 4) is 0 Å². The van der Waals surface area contributed by atoms with Crippen molar-refractivity contribution < 1.29 is 4.79 Å². The van der Waals surface area contributed by atoms with Gasteiger partial charge in [-0.1, -0.05) is 60.7 Å². The highest BCUT2D eigenvalue weighted by Crippen LogP contribution is 2.38. The number of benzene rings is 3. The van der Waals surface area contributed by atoms with Gasteiger partial charge in [0.1, 0.15) is 5.82 Å². The van der Waals surface area contributed by atoms with Crippen LogP contribution in [-0.4, -0.2) is 22.0 Å². The van der Waals surface area contributed by atoms with Gasteiger partial charge < -0.3 is 4.90 Å². The maximum Gasteiger partial charge on any atom is 0.261 e. The number of amides is 1. The summed E-state index contributed by atoms with van der Waals surface area (Å²) in [6, 6.07) is 25.2. The summed E-state index contributed by atoms with van der Waals surface area (Å²) in [5.41, 5.74) is 3.57. The van der Waals surface area contributed by atoms with Crippen molar-refractivity contribution in [3.63, 3.8) is 0 Å². The van der Waals surface area contributed by atoms with Crippen molar-refractivity contribution in [2.45, 2.75) is 25.8 Å². The van der Waals surface area contributed by atoms with Gasteiger partial charge in [-0.15, -0.1) is 0 Å². The van der Waals surface area contributed by atoms with E-state index in [1.165, 1.54) is 0 Å². The molecular formula is C26H23N3O2. The van der Waals surface area contributed by atoms with Gasteiger partial charge in [-0.2, -0.15) is 0 Å². The quantitative estimate of drug-likeness (QED) is 0.498. The van der Waals surface area contributed by atoms with Crippen LogP contribution >= 0.6 is 0 Å². The van der Waals surface area contributed by atoms with Crippen molar-refractivity contribution in [2.75, 3.05) is 11.4 Å². The normalized spacial score (nSPS) is 15.5. The number of rotatable bonds is 5. The van der Waals surface area contributed by atoms with E-state index in [2.05, 4.69) is 0 Å². The second kappa shape index (κ2) is 7.84. The molecule has 2 heterocycles. The minimum absolute atomic E-state index is 0.0670. The van der Waals surface area contributed by atoms with Crippen LogP contribution in [0.15, 0.2) is 83.7 Å². The molecule has 1 aliphatic heterocycles. The third-order valence-corrected chi connectivity index (χ3v) is 5.99. The number of nitrogens with zero attached hydrogens (tertiary/aromatic N) is 3. The Labute approximate surface area is 180 Å². The minimum atomic E-state index is -0.341. The molecule has 1 atom stereocenters. The molecule has 4 aromatic rings. The lowest BCUT2D eigenvalue weighted by Crippen LogP contribution is -2.31. The number of carbonyl (C=O) groups excluding carboxylic acids is 1. The fraction of sp³-hybridized carbons (Fsp3) is 0.192. The number of carbonyl (C=O) groups is 1. The Morgan fingerprint density at radius 2 is 1.58 bits per heavy atom. The van der Waals surface area contributed by atoms with Crippen LogP contribution in [0.4, 0.5) is 5.69 Å². The number of anilines is 1. The molecule has 0 saturated heterocycles. The molecule has 5 nitrogen and oxygen atoms in total. The standard InChI is InChI=1S/C26H23N3O2/c1-2-28-23-15-9-7-12-19(23)21(26(28)31)16-24-27-22-14-8-6-13-20(22)25(30)29(24)17-18-10-4-3-5-11-18/h3-15,21H,2,16-17H2,1H3/t21-/m1/s1. The number of fused-ring (bicyclic) bond motifs is 2. The van der Waals surface area contributed by atoms with E-state index in [9.17, 15) is 9.59 Å². The molecule has 5 rings (SSSR count). The summed E-state index contributed by atoms with van der Waals surface area (Å²) in [4.78, 5) is 33.3. The van der Waals surface area contributed by atoms with Crippen molar-refractivity contribution in [2.24, 2.45) is 0 Å². The van der Waals surface area contributed by atoms with Gasteiger partial charge in [0.2, 0.25) is 5.91 Å². The van der Waals surface area contributed by atoms with Gasteiger partial charge in [0.05, 0.1) is 23.4 Å². The molecule has 0 bridgehead atoms. The van der Waals surface area contributed by atoms with Crippen molar-refractivity contribution in [3.05, 3.63) is 106 Å². The first kappa shape index (κ1) is 19.2. The first-order valence-electron chi connectivity index (χ1n) is 10.6. The van der Waals surface area contributed by atoms with Crippen LogP contribution in [0.3, 0.4) is 0 Å². The average Bonchev–Trinajstić information content (AvgIpc) is 3.08. The molecule has 5 heteroatoms. The van der Waals surface area contributed by atoms with Crippen LogP contribution < -0.4 is 10.5 Å². The van der Waals surface area contributed by atoms with Crippen LogP contribution in [0, 0.1) is 0 Å². The smallest absolute Gasteiger partial charge is 0.261 e. The zero-order chi connectivity index (χ0) is 21.4. The highest BCUT2D eigenvalue weighted by atomic mass is 16.2. The van der Waals surface area contributed by atoms with E-state index in [1.807, 2.05) is 90.7 Å². The van der Waals surface area contributed by atoms with Gasteiger partial charge in [0.15, 0.2) is 0 Å². The third-order valence-electron chi connectivity index (χ3n) is 5.99. The van der Waals surface area contributed by atoms with Gasteiger partial charge in [-0.05, 0) is 36.2 Å². The Morgan fingerprint density at radius 1 is 0.871 bits per heavy atom. The summed E-state index contributed by atoms with van der Waals surface area (Å²) in [6.07, 6.45) is 0.388. The molecule has 0 radical (unpaired) electrons. The molecule has 1 aromatic heterocycles. The summed E-state index contributed by atoms with van der Waals surface area (Å²) >= 11 is 0. The lowest BCUT2D eigenvalue weighted by atomic mass is 9.96. The maximum atomic E-state index is 13.4. The molecular weight excluding hydrogens is 386 g/mol. The lowest BCUT2D eigenvalue weighted by Gasteiger charge is -2.17. The summed E-state index contributed by atoms with van der Waals surface area (Å²) in [5, 5.41) is 0.593. The SMILES string of the molecule is CCN1C(=O)[C@H](Cc2nc3ccccc3c(=O)n2Cc2ccccc2)c2ccccc21. The molecule has 0 saturated carbocycles. The summed E-state index contributed by atoms with van der Waals surface area (Å²) < 4.78 is 1.72. The number of hydrogen-bond acceptors (Lipinski definition) is 3. The first-order chi connectivity index (χ1) is 15.2. The van der Waals surface area contributed by atoms with Gasteiger partial charge in [-0.3, -0.25) is 14.2 Å². The first-order valence-corrected chi connectivity index (χ1v) is 10.6. The van der Waals surface area contributed by atoms with E-state index in [0.29, 0.717) is 36.2 Å². The number of hydrogen-bond donors (Lipinski definition) is 0. The second-order valence-corrected chi connectivity index (χ2v) is 7.82. The van der Waals surface area contributed by atoms with E-state index in [4.69, 9.17) is 4.98 Å². The Bertz CT molecular complexity index is 1330. The zero-order valence-corrected chi connectivity index (χ0v) is 17.4. The number of likely N-dealkylation sites (N-methyl/N-ethyl adjacent to an activating group) is 1. The number of para-hydroxylation sites is 2. The van der Waals surface area contributed by atoms with Crippen molar-refractivity contribution >= 4 is 22.5 Å². The molecule has 31 heavy (non-hydrogen) atoms. The largest absolute Gasteiger partial charge is 0.312 e. The molecule has 0 spiro atoms. The zero-order valence-electron chi connectivity index (χ0n) is 17.4. The van der Waals surface area contributed by atoms with Crippen molar-refractivity contribution in [1.82, 2.24) is 9.55 Å². The molecule has 1 amide bonds. The number of aromatic nitrogens is 2. The van der Waals surface area contributed by atoms with Crippen LogP contribution in [0.1, 0.15) is 29.8 Å². The lowest BCUT2D eigenvalue weighted by molar-refractivity contribution is -0.119. The average molecular weight is 409 g/mol. The third kappa shape index (κ3) is 3.32. The Morgan fingerprint density at radius 3 is 2.39 bits per heavy atom. The highest BCUT2D eigenvalue weighted by Gasteiger charge is 2.37. The molecule has 0 fully saturated rings. The Balaban J connectivity index is 1.63. The van der Waals surface area contributed by atoms with Crippen LogP contribution in [0.2, 0.25) is 0 Å². The predicted molar refractivity (Wildman–Crippen MR) is 122 cm³/mol. The second-order valence-electron chi connectivity index (χ2n) is 7.82. The Kier molecular flexibility index (Phi) is 4.86. The van der Waals surface area contributed by atoms with Crippen LogP contribution in [-0.2, 0) is 17.8 Å². The molecule has 3 aromatic carbocycles. The van der Waals surface area contributed by atoms with E-state index in [1.54, 1.807) is 4.57 Å². The molecule has 0 N–H and O–H groups in total. The Hall–Kier alpha value is -3.73. The van der Waals surface area contributed by atoms with E-state index < -0.39 is 0 Å². The predicted octanol–water partition coefficient (Wildman–Crippen LogP) is 4.14. The van der Waals surface area contributed by atoms with Gasteiger partial charge in [0.25, 0.3) is 5.56 Å². The van der Waals surface area contributed by atoms with E-state index >= 15 is 0 Å². The van der Waals surface area contributed by atoms with Crippen LogP contribution in [0.25, 0.3) is 10.9 Å². The van der Waals surface area contributed by atoms with Crippen LogP contribution in [0.5, 0.6) is 0 Å². The van der Waals surface area contributed by atoms with Gasteiger partial charge in [0, 0.05) is 18.7 Å². The molecule has 0 unspecified atom stereocenters. The molecule has 154 valence electrons.